The van der Waals surface area contributed by atoms with Gasteiger partial charge in [0.15, 0.2) is 0 Å². The number of benzene rings is 2. The lowest BCUT2D eigenvalue weighted by Gasteiger charge is -2.06. The van der Waals surface area contributed by atoms with E-state index in [4.69, 9.17) is 11.6 Å². The highest BCUT2D eigenvalue weighted by Crippen LogP contribution is 2.37. The number of hydrogen-bond acceptors (Lipinski definition) is 0. The Morgan fingerprint density at radius 1 is 1.00 bits per heavy atom. The highest BCUT2D eigenvalue weighted by Gasteiger charge is 2.18. The molecule has 0 saturated heterocycles. The first-order valence-corrected chi connectivity index (χ1v) is 6.04. The quantitative estimate of drug-likeness (QED) is 0.536. The predicted octanol–water partition coefficient (Wildman–Crippen LogP) is 4.56. The van der Waals surface area contributed by atoms with Crippen LogP contribution in [-0.4, -0.2) is 0 Å². The van der Waals surface area contributed by atoms with Crippen molar-refractivity contribution in [1.82, 2.24) is 0 Å². The fourth-order valence-electron chi connectivity index (χ4n) is 2.41. The molecular weight excluding hydrogens is 216 g/mol. The highest BCUT2D eigenvalue weighted by atomic mass is 35.5. The molecule has 0 nitrogen and oxygen atoms in total. The van der Waals surface area contributed by atoms with E-state index in [0.717, 1.165) is 6.42 Å². The SMILES string of the molecule is CC(Cl)c1ccc2c(c1)Cc1ccccc1-2. The zero-order chi connectivity index (χ0) is 11.1. The molecule has 0 saturated carbocycles. The summed E-state index contributed by atoms with van der Waals surface area (Å²) in [6.45, 7) is 2.02. The van der Waals surface area contributed by atoms with Crippen molar-refractivity contribution in [3.05, 3.63) is 59.2 Å². The van der Waals surface area contributed by atoms with E-state index in [1.54, 1.807) is 0 Å². The van der Waals surface area contributed by atoms with E-state index in [1.807, 2.05) is 6.92 Å². The summed E-state index contributed by atoms with van der Waals surface area (Å²) in [4.78, 5) is 0. The first-order valence-electron chi connectivity index (χ1n) is 5.61. The Hall–Kier alpha value is -1.27. The third kappa shape index (κ3) is 1.45. The Kier molecular flexibility index (Phi) is 2.26. The minimum absolute atomic E-state index is 0.0917. The van der Waals surface area contributed by atoms with Crippen LogP contribution < -0.4 is 0 Å². The molecule has 0 fully saturated rings. The Morgan fingerprint density at radius 2 is 1.75 bits per heavy atom. The molecule has 16 heavy (non-hydrogen) atoms. The van der Waals surface area contributed by atoms with E-state index in [1.165, 1.54) is 27.8 Å². The molecule has 1 unspecified atom stereocenters. The van der Waals surface area contributed by atoms with Gasteiger partial charge in [0.1, 0.15) is 0 Å². The summed E-state index contributed by atoms with van der Waals surface area (Å²) in [6.07, 6.45) is 1.04. The van der Waals surface area contributed by atoms with E-state index in [9.17, 15) is 0 Å². The van der Waals surface area contributed by atoms with Crippen LogP contribution >= 0.6 is 11.6 Å². The Morgan fingerprint density at radius 3 is 2.56 bits per heavy atom. The van der Waals surface area contributed by atoms with Crippen LogP contribution in [0.15, 0.2) is 42.5 Å². The van der Waals surface area contributed by atoms with Gasteiger partial charge >= 0.3 is 0 Å². The van der Waals surface area contributed by atoms with Gasteiger partial charge in [0, 0.05) is 0 Å². The first-order chi connectivity index (χ1) is 7.75. The normalized spacial score (nSPS) is 14.4. The number of hydrogen-bond donors (Lipinski definition) is 0. The van der Waals surface area contributed by atoms with Gasteiger partial charge in [0.25, 0.3) is 0 Å². The maximum Gasteiger partial charge on any atom is 0.0557 e. The monoisotopic (exact) mass is 228 g/mol. The van der Waals surface area contributed by atoms with Crippen LogP contribution in [-0.2, 0) is 6.42 Å². The molecule has 1 aliphatic carbocycles. The van der Waals surface area contributed by atoms with Crippen LogP contribution in [0.25, 0.3) is 11.1 Å². The fraction of sp³-hybridized carbons (Fsp3) is 0.200. The van der Waals surface area contributed by atoms with Crippen molar-refractivity contribution in [2.75, 3.05) is 0 Å². The van der Waals surface area contributed by atoms with Crippen LogP contribution in [0, 0.1) is 0 Å². The molecule has 0 amide bonds. The summed E-state index contributed by atoms with van der Waals surface area (Å²) in [5.41, 5.74) is 6.80. The molecule has 80 valence electrons. The number of fused-ring (bicyclic) bond motifs is 3. The van der Waals surface area contributed by atoms with Gasteiger partial charge in [0.2, 0.25) is 0 Å². The fourth-order valence-corrected chi connectivity index (χ4v) is 2.55. The van der Waals surface area contributed by atoms with Gasteiger partial charge in [-0.25, -0.2) is 0 Å². The van der Waals surface area contributed by atoms with E-state index in [2.05, 4.69) is 42.5 Å². The second-order valence-corrected chi connectivity index (χ2v) is 5.02. The molecule has 1 atom stereocenters. The van der Waals surface area contributed by atoms with Crippen molar-refractivity contribution in [1.29, 1.82) is 0 Å². The molecule has 0 radical (unpaired) electrons. The van der Waals surface area contributed by atoms with E-state index >= 15 is 0 Å². The molecule has 0 N–H and O–H groups in total. The smallest absolute Gasteiger partial charge is 0.0557 e. The minimum atomic E-state index is 0.0917. The van der Waals surface area contributed by atoms with Crippen molar-refractivity contribution in [2.24, 2.45) is 0 Å². The lowest BCUT2D eigenvalue weighted by molar-refractivity contribution is 1.07. The first kappa shape index (κ1) is 9.92. The van der Waals surface area contributed by atoms with Crippen molar-refractivity contribution in [3.63, 3.8) is 0 Å². The van der Waals surface area contributed by atoms with E-state index in [0.29, 0.717) is 0 Å². The van der Waals surface area contributed by atoms with Crippen molar-refractivity contribution >= 4 is 11.6 Å². The third-order valence-corrected chi connectivity index (χ3v) is 3.53. The third-order valence-electron chi connectivity index (χ3n) is 3.28. The molecule has 1 heteroatoms. The number of rotatable bonds is 1. The van der Waals surface area contributed by atoms with Crippen LogP contribution in [0.1, 0.15) is 29.0 Å². The average Bonchev–Trinajstić information content (AvgIpc) is 2.66. The molecule has 0 aromatic heterocycles. The Labute approximate surface area is 101 Å². The molecule has 0 bridgehead atoms. The largest absolute Gasteiger partial charge is 0.118 e. The van der Waals surface area contributed by atoms with Crippen molar-refractivity contribution < 1.29 is 0 Å². The summed E-state index contributed by atoms with van der Waals surface area (Å²) < 4.78 is 0. The molecule has 2 aromatic carbocycles. The van der Waals surface area contributed by atoms with Gasteiger partial charge in [-0.2, -0.15) is 0 Å². The topological polar surface area (TPSA) is 0 Å². The summed E-state index contributed by atoms with van der Waals surface area (Å²) >= 11 is 6.12. The van der Waals surface area contributed by atoms with Crippen LogP contribution in [0.3, 0.4) is 0 Å². The highest BCUT2D eigenvalue weighted by molar-refractivity contribution is 6.20. The molecule has 0 spiro atoms. The second-order valence-electron chi connectivity index (χ2n) is 4.37. The lowest BCUT2D eigenvalue weighted by atomic mass is 10.0. The summed E-state index contributed by atoms with van der Waals surface area (Å²) in [7, 11) is 0. The lowest BCUT2D eigenvalue weighted by Crippen LogP contribution is -1.87. The number of halogens is 1. The number of alkyl halides is 1. The molecule has 2 aromatic rings. The van der Waals surface area contributed by atoms with Gasteiger partial charge in [-0.15, -0.1) is 11.6 Å². The van der Waals surface area contributed by atoms with Crippen LogP contribution in [0.2, 0.25) is 0 Å². The minimum Gasteiger partial charge on any atom is -0.118 e. The molecule has 1 aliphatic rings. The summed E-state index contributed by atoms with van der Waals surface area (Å²) in [6, 6.07) is 15.2. The van der Waals surface area contributed by atoms with Gasteiger partial charge in [-0.05, 0) is 41.2 Å². The van der Waals surface area contributed by atoms with Gasteiger partial charge < -0.3 is 0 Å². The average molecular weight is 229 g/mol. The summed E-state index contributed by atoms with van der Waals surface area (Å²) in [5, 5.41) is 0.0917. The molecule has 3 rings (SSSR count). The van der Waals surface area contributed by atoms with Crippen molar-refractivity contribution in [2.45, 2.75) is 18.7 Å². The maximum atomic E-state index is 6.12. The van der Waals surface area contributed by atoms with Gasteiger partial charge in [-0.1, -0.05) is 42.5 Å². The second kappa shape index (κ2) is 3.64. The van der Waals surface area contributed by atoms with Gasteiger partial charge in [0.05, 0.1) is 5.38 Å². The molecule has 0 aliphatic heterocycles. The van der Waals surface area contributed by atoms with Crippen molar-refractivity contribution in [3.8, 4) is 11.1 Å². The van der Waals surface area contributed by atoms with Crippen LogP contribution in [0.4, 0.5) is 0 Å². The van der Waals surface area contributed by atoms with E-state index < -0.39 is 0 Å². The maximum absolute atomic E-state index is 6.12. The van der Waals surface area contributed by atoms with E-state index in [-0.39, 0.29) is 5.38 Å². The van der Waals surface area contributed by atoms with Crippen LogP contribution in [0.5, 0.6) is 0 Å². The van der Waals surface area contributed by atoms with Gasteiger partial charge in [-0.3, -0.25) is 0 Å². The zero-order valence-electron chi connectivity index (χ0n) is 9.20. The zero-order valence-corrected chi connectivity index (χ0v) is 9.96. The summed E-state index contributed by atoms with van der Waals surface area (Å²) in [5.74, 6) is 0. The molecular formula is C15H13Cl. The Balaban J connectivity index is 2.14. The molecule has 0 heterocycles. The standard InChI is InChI=1S/C15H13Cl/c1-10(16)11-6-7-15-13(8-11)9-12-4-2-3-5-14(12)15/h2-8,10H,9H2,1H3. The Bertz CT molecular complexity index is 541. The predicted molar refractivity (Wildman–Crippen MR) is 69.0 cm³/mol.